The third kappa shape index (κ3) is 5.75. The lowest BCUT2D eigenvalue weighted by atomic mass is 10.1. The Morgan fingerprint density at radius 2 is 2.05 bits per heavy atom. The average Bonchev–Trinajstić information content (AvgIpc) is 2.30. The number of nitrogen functional groups attached to an aromatic ring is 1. The lowest BCUT2D eigenvalue weighted by Crippen LogP contribution is -2.22. The number of nitrogens with two attached hydrogens (primary N) is 1. The van der Waals surface area contributed by atoms with Crippen LogP contribution < -0.4 is 11.1 Å². The van der Waals surface area contributed by atoms with E-state index in [4.69, 9.17) is 10.5 Å². The fourth-order valence-corrected chi connectivity index (χ4v) is 1.87. The van der Waals surface area contributed by atoms with E-state index in [-0.39, 0.29) is 18.6 Å². The second-order valence-electron chi connectivity index (χ2n) is 5.37. The molecule has 0 saturated heterocycles. The summed E-state index contributed by atoms with van der Waals surface area (Å²) in [5, 5.41) is 2.77. The van der Waals surface area contributed by atoms with Crippen LogP contribution >= 0.6 is 0 Å². The summed E-state index contributed by atoms with van der Waals surface area (Å²) in [5.74, 6) is 0.411. The van der Waals surface area contributed by atoms with Gasteiger partial charge in [-0.25, -0.2) is 0 Å². The van der Waals surface area contributed by atoms with Crippen molar-refractivity contribution in [3.63, 3.8) is 0 Å². The summed E-state index contributed by atoms with van der Waals surface area (Å²) in [6, 6.07) is 5.47. The third-order valence-electron chi connectivity index (χ3n) is 2.87. The van der Waals surface area contributed by atoms with Crippen molar-refractivity contribution < 1.29 is 9.53 Å². The van der Waals surface area contributed by atoms with E-state index in [0.717, 1.165) is 12.0 Å². The molecule has 0 aliphatic rings. The van der Waals surface area contributed by atoms with E-state index in [1.54, 1.807) is 6.07 Å². The van der Waals surface area contributed by atoms with Crippen molar-refractivity contribution in [1.29, 1.82) is 0 Å². The van der Waals surface area contributed by atoms with Gasteiger partial charge < -0.3 is 15.8 Å². The third-order valence-corrected chi connectivity index (χ3v) is 2.87. The van der Waals surface area contributed by atoms with Gasteiger partial charge in [0.15, 0.2) is 0 Å². The highest BCUT2D eigenvalue weighted by molar-refractivity contribution is 5.92. The highest BCUT2D eigenvalue weighted by Gasteiger charge is 2.09. The second-order valence-corrected chi connectivity index (χ2v) is 5.37. The van der Waals surface area contributed by atoms with Crippen LogP contribution in [0.1, 0.15) is 32.8 Å². The summed E-state index contributed by atoms with van der Waals surface area (Å²) in [6.45, 7) is 8.25. The van der Waals surface area contributed by atoms with Crippen molar-refractivity contribution in [2.24, 2.45) is 5.92 Å². The summed E-state index contributed by atoms with van der Waals surface area (Å²) in [6.07, 6.45) is 1.04. The molecule has 0 saturated carbocycles. The number of anilines is 2. The van der Waals surface area contributed by atoms with Gasteiger partial charge in [-0.3, -0.25) is 4.79 Å². The molecule has 0 heterocycles. The number of carbonyl (C=O) groups excluding carboxylic acids is 1. The monoisotopic (exact) mass is 264 g/mol. The van der Waals surface area contributed by atoms with E-state index >= 15 is 0 Å². The molecular weight excluding hydrogens is 240 g/mol. The first kappa shape index (κ1) is 15.5. The van der Waals surface area contributed by atoms with E-state index in [1.807, 2.05) is 26.0 Å². The fourth-order valence-electron chi connectivity index (χ4n) is 1.87. The Morgan fingerprint density at radius 3 is 2.63 bits per heavy atom. The van der Waals surface area contributed by atoms with Crippen LogP contribution in [0.15, 0.2) is 18.2 Å². The first-order valence-corrected chi connectivity index (χ1v) is 6.66. The van der Waals surface area contributed by atoms with Crippen LogP contribution in [0.2, 0.25) is 0 Å². The van der Waals surface area contributed by atoms with E-state index in [9.17, 15) is 4.79 Å². The molecule has 0 fully saturated rings. The highest BCUT2D eigenvalue weighted by Crippen LogP contribution is 2.16. The summed E-state index contributed by atoms with van der Waals surface area (Å²) in [5.41, 5.74) is 8.17. The molecule has 4 heteroatoms. The number of benzene rings is 1. The van der Waals surface area contributed by atoms with Crippen LogP contribution in [0.3, 0.4) is 0 Å². The molecule has 1 aromatic rings. The summed E-state index contributed by atoms with van der Waals surface area (Å²) in [7, 11) is 0. The Hall–Kier alpha value is -1.55. The van der Waals surface area contributed by atoms with E-state index in [1.165, 1.54) is 0 Å². The van der Waals surface area contributed by atoms with Crippen LogP contribution in [0.5, 0.6) is 0 Å². The van der Waals surface area contributed by atoms with E-state index < -0.39 is 0 Å². The number of aryl methyl sites for hydroxylation is 1. The van der Waals surface area contributed by atoms with Gasteiger partial charge >= 0.3 is 0 Å². The molecule has 0 bridgehead atoms. The number of nitrogens with one attached hydrogen (secondary N) is 1. The van der Waals surface area contributed by atoms with Gasteiger partial charge in [0.25, 0.3) is 0 Å². The SMILES string of the molecule is Cc1ccc(NC(=O)COC(C)CC(C)C)cc1N. The van der Waals surface area contributed by atoms with Crippen molar-refractivity contribution in [2.45, 2.75) is 40.2 Å². The minimum Gasteiger partial charge on any atom is -0.398 e. The topological polar surface area (TPSA) is 64.3 Å². The maximum atomic E-state index is 11.7. The van der Waals surface area contributed by atoms with Crippen LogP contribution in [0.4, 0.5) is 11.4 Å². The molecule has 1 aromatic carbocycles. The standard InChI is InChI=1S/C15H24N2O2/c1-10(2)7-12(4)19-9-15(18)17-13-6-5-11(3)14(16)8-13/h5-6,8,10,12H,7,9,16H2,1-4H3,(H,17,18). The predicted octanol–water partition coefficient (Wildman–Crippen LogP) is 2.97. The van der Waals surface area contributed by atoms with Gasteiger partial charge in [-0.1, -0.05) is 19.9 Å². The summed E-state index contributed by atoms with van der Waals surface area (Å²) in [4.78, 5) is 11.7. The lowest BCUT2D eigenvalue weighted by molar-refractivity contribution is -0.122. The lowest BCUT2D eigenvalue weighted by Gasteiger charge is -2.15. The van der Waals surface area contributed by atoms with E-state index in [0.29, 0.717) is 17.3 Å². The second kappa shape index (κ2) is 7.14. The molecule has 1 amide bonds. The maximum Gasteiger partial charge on any atom is 0.250 e. The van der Waals surface area contributed by atoms with Gasteiger partial charge in [-0.15, -0.1) is 0 Å². The van der Waals surface area contributed by atoms with Crippen LogP contribution in [0.25, 0.3) is 0 Å². The van der Waals surface area contributed by atoms with Crippen molar-refractivity contribution in [2.75, 3.05) is 17.7 Å². The Morgan fingerprint density at radius 1 is 1.37 bits per heavy atom. The first-order valence-electron chi connectivity index (χ1n) is 6.66. The van der Waals surface area contributed by atoms with Gasteiger partial charge in [0.2, 0.25) is 5.91 Å². The quantitative estimate of drug-likeness (QED) is 0.776. The molecule has 0 aromatic heterocycles. The zero-order valence-corrected chi connectivity index (χ0v) is 12.2. The van der Waals surface area contributed by atoms with Crippen LogP contribution in [-0.4, -0.2) is 18.6 Å². The predicted molar refractivity (Wildman–Crippen MR) is 79.1 cm³/mol. The molecular formula is C15H24N2O2. The molecule has 1 atom stereocenters. The Bertz CT molecular complexity index is 430. The van der Waals surface area contributed by atoms with Gasteiger partial charge in [-0.2, -0.15) is 0 Å². The Balaban J connectivity index is 2.40. The van der Waals surface area contributed by atoms with Crippen LogP contribution in [0, 0.1) is 12.8 Å². The number of carbonyl (C=O) groups is 1. The van der Waals surface area contributed by atoms with Crippen molar-refractivity contribution in [1.82, 2.24) is 0 Å². The Kier molecular flexibility index (Phi) is 5.83. The van der Waals surface area contributed by atoms with Gasteiger partial charge in [0.05, 0.1) is 6.10 Å². The molecule has 3 N–H and O–H groups in total. The molecule has 0 aliphatic heterocycles. The van der Waals surface area contributed by atoms with Crippen molar-refractivity contribution >= 4 is 17.3 Å². The number of amides is 1. The van der Waals surface area contributed by atoms with Gasteiger partial charge in [0.1, 0.15) is 6.61 Å². The summed E-state index contributed by atoms with van der Waals surface area (Å²) >= 11 is 0. The van der Waals surface area contributed by atoms with Gasteiger partial charge in [0, 0.05) is 11.4 Å². The maximum absolute atomic E-state index is 11.7. The molecule has 0 spiro atoms. The molecule has 106 valence electrons. The smallest absolute Gasteiger partial charge is 0.250 e. The zero-order valence-electron chi connectivity index (χ0n) is 12.2. The van der Waals surface area contributed by atoms with E-state index in [2.05, 4.69) is 19.2 Å². The minimum atomic E-state index is -0.154. The Labute approximate surface area is 115 Å². The van der Waals surface area contributed by atoms with Crippen LogP contribution in [-0.2, 0) is 9.53 Å². The number of hydrogen-bond donors (Lipinski definition) is 2. The zero-order chi connectivity index (χ0) is 14.4. The number of rotatable bonds is 6. The summed E-state index contributed by atoms with van der Waals surface area (Å²) < 4.78 is 5.50. The van der Waals surface area contributed by atoms with Gasteiger partial charge in [-0.05, 0) is 43.9 Å². The largest absolute Gasteiger partial charge is 0.398 e. The fraction of sp³-hybridized carbons (Fsp3) is 0.533. The minimum absolute atomic E-state index is 0.0711. The number of hydrogen-bond acceptors (Lipinski definition) is 3. The molecule has 0 aliphatic carbocycles. The molecule has 19 heavy (non-hydrogen) atoms. The number of ether oxygens (including phenoxy) is 1. The molecule has 1 rings (SSSR count). The highest BCUT2D eigenvalue weighted by atomic mass is 16.5. The normalized spacial score (nSPS) is 12.5. The van der Waals surface area contributed by atoms with Crippen molar-refractivity contribution in [3.05, 3.63) is 23.8 Å². The first-order chi connectivity index (χ1) is 8.88. The molecule has 1 unspecified atom stereocenters. The van der Waals surface area contributed by atoms with Crippen molar-refractivity contribution in [3.8, 4) is 0 Å². The molecule has 4 nitrogen and oxygen atoms in total. The molecule has 0 radical (unpaired) electrons. The average molecular weight is 264 g/mol.